The Hall–Kier alpha value is -2.43. The van der Waals surface area contributed by atoms with E-state index in [1.807, 2.05) is 30.3 Å². The van der Waals surface area contributed by atoms with Gasteiger partial charge in [0.1, 0.15) is 0 Å². The fourth-order valence-electron chi connectivity index (χ4n) is 4.51. The molecule has 1 heterocycles. The molecule has 0 unspecified atom stereocenters. The first-order valence-electron chi connectivity index (χ1n) is 10.3. The van der Waals surface area contributed by atoms with E-state index in [4.69, 9.17) is 10.5 Å². The van der Waals surface area contributed by atoms with Crippen LogP contribution in [0.1, 0.15) is 36.8 Å². The molecule has 28 heavy (non-hydrogen) atoms. The first kappa shape index (κ1) is 18.9. The number of nitrogens with zero attached hydrogens (tertiary/aromatic N) is 1. The van der Waals surface area contributed by atoms with Gasteiger partial charge < -0.3 is 10.5 Å². The number of hydrogen-bond donors (Lipinski definition) is 1. The number of allylic oxidation sites excluding steroid dienone is 1. The lowest BCUT2D eigenvalue weighted by atomic mass is 9.82. The molecule has 2 aromatic rings. The molecule has 0 bridgehead atoms. The summed E-state index contributed by atoms with van der Waals surface area (Å²) in [5, 5.41) is 0. The van der Waals surface area contributed by atoms with Gasteiger partial charge in [0.05, 0.1) is 6.67 Å². The summed E-state index contributed by atoms with van der Waals surface area (Å²) in [5.74, 6) is 0.411. The van der Waals surface area contributed by atoms with Gasteiger partial charge >= 0.3 is 0 Å². The van der Waals surface area contributed by atoms with Crippen LogP contribution in [0.25, 0.3) is 5.57 Å². The maximum atomic E-state index is 13.7. The molecule has 1 saturated heterocycles. The van der Waals surface area contributed by atoms with Gasteiger partial charge in [-0.05, 0) is 66.9 Å². The molecule has 0 aromatic heterocycles. The number of anilines is 1. The lowest BCUT2D eigenvalue weighted by Gasteiger charge is -2.29. The van der Waals surface area contributed by atoms with Crippen LogP contribution in [0.4, 0.5) is 5.69 Å². The van der Waals surface area contributed by atoms with Crippen LogP contribution in [0.15, 0.2) is 60.2 Å². The number of hydrogen-bond acceptors (Lipinski definition) is 3. The molecule has 146 valence electrons. The largest absolute Gasteiger partial charge is 0.381 e. The predicted molar refractivity (Wildman–Crippen MR) is 113 cm³/mol. The first-order valence-corrected chi connectivity index (χ1v) is 10.3. The van der Waals surface area contributed by atoms with Gasteiger partial charge in [-0.3, -0.25) is 9.69 Å². The molecule has 1 aliphatic carbocycles. The van der Waals surface area contributed by atoms with Crippen molar-refractivity contribution in [3.63, 3.8) is 0 Å². The van der Waals surface area contributed by atoms with Gasteiger partial charge in [-0.1, -0.05) is 42.5 Å². The maximum absolute atomic E-state index is 13.7. The molecule has 4 rings (SSSR count). The normalized spacial score (nSPS) is 17.8. The van der Waals surface area contributed by atoms with Gasteiger partial charge in [-0.2, -0.15) is 0 Å². The lowest BCUT2D eigenvalue weighted by Crippen LogP contribution is -2.37. The van der Waals surface area contributed by atoms with E-state index in [0.717, 1.165) is 56.6 Å². The minimum atomic E-state index is 0.0481. The van der Waals surface area contributed by atoms with E-state index in [1.165, 1.54) is 16.7 Å². The molecule has 2 N–H and O–H groups in total. The average Bonchev–Trinajstić information content (AvgIpc) is 2.95. The number of benzene rings is 2. The third-order valence-corrected chi connectivity index (χ3v) is 5.89. The van der Waals surface area contributed by atoms with Gasteiger partial charge in [0, 0.05) is 24.5 Å². The molecule has 0 spiro atoms. The number of carbonyl (C=O) groups excluding carboxylic acids is 1. The van der Waals surface area contributed by atoms with Crippen molar-refractivity contribution in [1.29, 1.82) is 0 Å². The van der Waals surface area contributed by atoms with Gasteiger partial charge in [-0.25, -0.2) is 0 Å². The summed E-state index contributed by atoms with van der Waals surface area (Å²) < 4.78 is 5.61. The zero-order valence-electron chi connectivity index (χ0n) is 16.3. The van der Waals surface area contributed by atoms with Crippen LogP contribution in [-0.2, 0) is 16.0 Å². The van der Waals surface area contributed by atoms with Gasteiger partial charge in [0.2, 0.25) is 0 Å². The highest BCUT2D eigenvalue weighted by atomic mass is 16.5. The number of aryl methyl sites for hydroxylation is 1. The van der Waals surface area contributed by atoms with E-state index in [-0.39, 0.29) is 12.6 Å². The number of amides is 1. The molecule has 1 aliphatic heterocycles. The monoisotopic (exact) mass is 376 g/mol. The standard InChI is InChI=1S/C24H28N2O2/c25-17-26(20-9-2-1-3-10-20)24(27)22-12-6-8-18-7-4-5-11-21(18)23(22)19-13-15-28-16-14-19/h1-5,7,9-11,19H,6,8,12-17,25H2. The van der Waals surface area contributed by atoms with E-state index in [0.29, 0.717) is 5.92 Å². The van der Waals surface area contributed by atoms with Crippen molar-refractivity contribution in [2.45, 2.75) is 32.1 Å². The average molecular weight is 377 g/mol. The number of rotatable bonds is 4. The predicted octanol–water partition coefficient (Wildman–Crippen LogP) is 4.15. The van der Waals surface area contributed by atoms with E-state index >= 15 is 0 Å². The Morgan fingerprint density at radius 1 is 1.00 bits per heavy atom. The first-order chi connectivity index (χ1) is 13.8. The van der Waals surface area contributed by atoms with E-state index in [1.54, 1.807) is 4.90 Å². The second-order valence-corrected chi connectivity index (χ2v) is 7.54. The van der Waals surface area contributed by atoms with Crippen molar-refractivity contribution in [1.82, 2.24) is 0 Å². The van der Waals surface area contributed by atoms with Crippen LogP contribution in [-0.4, -0.2) is 25.8 Å². The summed E-state index contributed by atoms with van der Waals surface area (Å²) >= 11 is 0. The van der Waals surface area contributed by atoms with E-state index in [9.17, 15) is 4.79 Å². The van der Waals surface area contributed by atoms with Crippen molar-refractivity contribution in [2.75, 3.05) is 24.8 Å². The summed E-state index contributed by atoms with van der Waals surface area (Å²) in [4.78, 5) is 15.4. The zero-order chi connectivity index (χ0) is 19.3. The molecular formula is C24H28N2O2. The quantitative estimate of drug-likeness (QED) is 0.816. The zero-order valence-corrected chi connectivity index (χ0v) is 16.3. The molecule has 2 aromatic carbocycles. The van der Waals surface area contributed by atoms with Gasteiger partial charge in [0.15, 0.2) is 0 Å². The second-order valence-electron chi connectivity index (χ2n) is 7.54. The van der Waals surface area contributed by atoms with Crippen LogP contribution in [0, 0.1) is 5.92 Å². The van der Waals surface area contributed by atoms with Crippen molar-refractivity contribution in [2.24, 2.45) is 11.7 Å². The summed E-state index contributed by atoms with van der Waals surface area (Å²) in [6.45, 7) is 1.70. The molecule has 1 fully saturated rings. The molecule has 1 amide bonds. The second kappa shape index (κ2) is 8.72. The minimum Gasteiger partial charge on any atom is -0.381 e. The third-order valence-electron chi connectivity index (χ3n) is 5.89. The molecule has 0 radical (unpaired) electrons. The number of fused-ring (bicyclic) bond motifs is 1. The Bertz CT molecular complexity index is 854. The molecule has 4 nitrogen and oxygen atoms in total. The van der Waals surface area contributed by atoms with Crippen LogP contribution in [0.5, 0.6) is 0 Å². The minimum absolute atomic E-state index is 0.0481. The number of para-hydroxylation sites is 1. The number of ether oxygens (including phenoxy) is 1. The summed E-state index contributed by atoms with van der Waals surface area (Å²) in [6, 6.07) is 18.3. The topological polar surface area (TPSA) is 55.6 Å². The van der Waals surface area contributed by atoms with Crippen molar-refractivity contribution >= 4 is 17.2 Å². The SMILES string of the molecule is NCN(C(=O)C1=C(C2CCOCC2)c2ccccc2CCC1)c1ccccc1. The van der Waals surface area contributed by atoms with Crippen molar-refractivity contribution in [3.05, 3.63) is 71.3 Å². The van der Waals surface area contributed by atoms with Gasteiger partial charge in [-0.15, -0.1) is 0 Å². The molecule has 0 atom stereocenters. The van der Waals surface area contributed by atoms with Crippen molar-refractivity contribution in [3.8, 4) is 0 Å². The molecular weight excluding hydrogens is 348 g/mol. The third kappa shape index (κ3) is 3.75. The fourth-order valence-corrected chi connectivity index (χ4v) is 4.51. The molecule has 0 saturated carbocycles. The smallest absolute Gasteiger partial charge is 0.255 e. The highest BCUT2D eigenvalue weighted by molar-refractivity contribution is 6.10. The number of carbonyl (C=O) groups is 1. The highest BCUT2D eigenvalue weighted by Gasteiger charge is 2.30. The molecule has 4 heteroatoms. The van der Waals surface area contributed by atoms with E-state index < -0.39 is 0 Å². The fraction of sp³-hybridized carbons (Fsp3) is 0.375. The van der Waals surface area contributed by atoms with Crippen molar-refractivity contribution < 1.29 is 9.53 Å². The van der Waals surface area contributed by atoms with Gasteiger partial charge in [0.25, 0.3) is 5.91 Å². The van der Waals surface area contributed by atoms with Crippen LogP contribution >= 0.6 is 0 Å². The summed E-state index contributed by atoms with van der Waals surface area (Å²) in [6.07, 6.45) is 4.72. The Balaban J connectivity index is 1.82. The number of nitrogens with two attached hydrogens (primary N) is 1. The molecule has 2 aliphatic rings. The Morgan fingerprint density at radius 2 is 1.71 bits per heavy atom. The maximum Gasteiger partial charge on any atom is 0.255 e. The van der Waals surface area contributed by atoms with Crippen LogP contribution in [0.2, 0.25) is 0 Å². The van der Waals surface area contributed by atoms with Crippen LogP contribution in [0.3, 0.4) is 0 Å². The Labute approximate surface area is 167 Å². The Morgan fingerprint density at radius 3 is 2.46 bits per heavy atom. The summed E-state index contributed by atoms with van der Waals surface area (Å²) in [5.41, 5.74) is 11.7. The van der Waals surface area contributed by atoms with E-state index in [2.05, 4.69) is 24.3 Å². The Kier molecular flexibility index (Phi) is 5.89. The lowest BCUT2D eigenvalue weighted by molar-refractivity contribution is -0.115. The van der Waals surface area contributed by atoms with Crippen LogP contribution < -0.4 is 10.6 Å². The summed E-state index contributed by atoms with van der Waals surface area (Å²) in [7, 11) is 0. The highest BCUT2D eigenvalue weighted by Crippen LogP contribution is 2.40.